The molecule has 4 N–H and O–H groups in total. The Labute approximate surface area is 89.3 Å². The summed E-state index contributed by atoms with van der Waals surface area (Å²) in [6.07, 6.45) is 0. The molecule has 0 aliphatic rings. The predicted molar refractivity (Wildman–Crippen MR) is 59.6 cm³/mol. The van der Waals surface area contributed by atoms with Gasteiger partial charge in [0.15, 0.2) is 0 Å². The van der Waals surface area contributed by atoms with E-state index in [0.717, 1.165) is 0 Å². The van der Waals surface area contributed by atoms with Crippen molar-refractivity contribution < 1.29 is 9.53 Å². The van der Waals surface area contributed by atoms with Gasteiger partial charge >= 0.3 is 5.97 Å². The zero-order valence-corrected chi connectivity index (χ0v) is 9.38. The molecule has 0 spiro atoms. The van der Waals surface area contributed by atoms with E-state index in [2.05, 4.69) is 17.6 Å². The zero-order chi connectivity index (χ0) is 11.2. The van der Waals surface area contributed by atoms with Crippen molar-refractivity contribution in [2.75, 3.05) is 18.9 Å². The molecule has 0 aromatic heterocycles. The molecule has 1 atom stereocenters. The minimum Gasteiger partial charge on any atom is -0.462 e. The number of rotatable bonds is 5. The minimum atomic E-state index is -1.04. The van der Waals surface area contributed by atoms with E-state index in [0.29, 0.717) is 12.4 Å². The van der Waals surface area contributed by atoms with E-state index in [4.69, 9.17) is 16.2 Å². The van der Waals surface area contributed by atoms with Gasteiger partial charge in [0.1, 0.15) is 12.1 Å². The number of nitrogens with zero attached hydrogens (tertiary/aromatic N) is 1. The van der Waals surface area contributed by atoms with Crippen molar-refractivity contribution in [3.63, 3.8) is 0 Å². The summed E-state index contributed by atoms with van der Waals surface area (Å²) in [4.78, 5) is 15.1. The van der Waals surface area contributed by atoms with E-state index in [1.54, 1.807) is 13.8 Å². The zero-order valence-electron chi connectivity index (χ0n) is 8.49. The molecule has 0 bridgehead atoms. The van der Waals surface area contributed by atoms with Crippen molar-refractivity contribution in [1.29, 1.82) is 0 Å². The Balaban J connectivity index is 3.81. The molecular formula is C8H17N3O2S. The first kappa shape index (κ1) is 13.2. The van der Waals surface area contributed by atoms with E-state index in [1.807, 2.05) is 0 Å². The van der Waals surface area contributed by atoms with Crippen molar-refractivity contribution in [1.82, 2.24) is 0 Å². The maximum Gasteiger partial charge on any atom is 0.326 e. The van der Waals surface area contributed by atoms with Gasteiger partial charge in [-0.25, -0.2) is 0 Å². The highest BCUT2D eigenvalue weighted by Crippen LogP contribution is 2.04. The molecule has 0 radical (unpaired) electrons. The van der Waals surface area contributed by atoms with Crippen molar-refractivity contribution in [3.05, 3.63) is 0 Å². The van der Waals surface area contributed by atoms with Crippen molar-refractivity contribution in [2.24, 2.45) is 16.5 Å². The molecule has 0 fully saturated rings. The molecule has 6 heteroatoms. The number of carbonyl (C=O) groups excluding carboxylic acids is 1. The third-order valence-electron chi connectivity index (χ3n) is 1.48. The number of thiol groups is 1. The summed E-state index contributed by atoms with van der Waals surface area (Å²) in [6, 6.07) is 0. The number of esters is 1. The van der Waals surface area contributed by atoms with Crippen molar-refractivity contribution in [2.45, 2.75) is 19.4 Å². The third kappa shape index (κ3) is 5.08. The highest BCUT2D eigenvalue weighted by Gasteiger charge is 2.28. The second-order valence-corrected chi connectivity index (χ2v) is 3.55. The molecule has 0 saturated heterocycles. The van der Waals surface area contributed by atoms with Gasteiger partial charge in [0.25, 0.3) is 0 Å². The number of ether oxygens (including phenoxy) is 1. The molecule has 0 aliphatic carbocycles. The van der Waals surface area contributed by atoms with Gasteiger partial charge in [-0.1, -0.05) is 0 Å². The lowest BCUT2D eigenvalue weighted by molar-refractivity contribution is -0.148. The molecule has 82 valence electrons. The predicted octanol–water partition coefficient (Wildman–Crippen LogP) is -0.446. The third-order valence-corrected chi connectivity index (χ3v) is 2.14. The van der Waals surface area contributed by atoms with Crippen LogP contribution in [0, 0.1) is 0 Å². The normalized spacial score (nSPS) is 16.1. The summed E-state index contributed by atoms with van der Waals surface area (Å²) in [5, 5.41) is 0. The smallest absolute Gasteiger partial charge is 0.326 e. The maximum absolute atomic E-state index is 11.3. The molecule has 5 nitrogen and oxygen atoms in total. The summed E-state index contributed by atoms with van der Waals surface area (Å²) in [7, 11) is 0. The first-order chi connectivity index (χ1) is 6.40. The SMILES string of the molecule is CC(N)=NCCOC(=O)[C@](C)(N)CS. The van der Waals surface area contributed by atoms with Crippen LogP contribution in [0.5, 0.6) is 0 Å². The van der Waals surface area contributed by atoms with Crippen LogP contribution in [0.2, 0.25) is 0 Å². The Hall–Kier alpha value is -0.750. The van der Waals surface area contributed by atoms with Crippen LogP contribution >= 0.6 is 12.6 Å². The standard InChI is InChI=1S/C8H17N3O2S/c1-6(9)11-3-4-13-7(12)8(2,10)5-14/h14H,3-5,10H2,1-2H3,(H2,9,11)/t8-/m1/s1. The molecule has 0 aromatic carbocycles. The average Bonchev–Trinajstić information content (AvgIpc) is 2.11. The lowest BCUT2D eigenvalue weighted by Gasteiger charge is -2.19. The molecule has 14 heavy (non-hydrogen) atoms. The van der Waals surface area contributed by atoms with Gasteiger partial charge < -0.3 is 16.2 Å². The average molecular weight is 219 g/mol. The molecule has 0 rings (SSSR count). The van der Waals surface area contributed by atoms with Crippen LogP contribution in [-0.4, -0.2) is 36.2 Å². The van der Waals surface area contributed by atoms with E-state index in [1.165, 1.54) is 0 Å². The number of hydrogen-bond donors (Lipinski definition) is 3. The fourth-order valence-corrected chi connectivity index (χ4v) is 0.719. The fraction of sp³-hybridized carbons (Fsp3) is 0.750. The molecule has 0 aliphatic heterocycles. The topological polar surface area (TPSA) is 90.7 Å². The van der Waals surface area contributed by atoms with Gasteiger partial charge in [0.2, 0.25) is 0 Å². The molecule has 0 saturated carbocycles. The maximum atomic E-state index is 11.3. The van der Waals surface area contributed by atoms with Crippen LogP contribution in [0.1, 0.15) is 13.8 Å². The molecular weight excluding hydrogens is 202 g/mol. The summed E-state index contributed by atoms with van der Waals surface area (Å²) < 4.78 is 4.87. The van der Waals surface area contributed by atoms with Gasteiger partial charge in [-0.05, 0) is 13.8 Å². The second kappa shape index (κ2) is 5.87. The van der Waals surface area contributed by atoms with Gasteiger partial charge in [-0.15, -0.1) is 0 Å². The highest BCUT2D eigenvalue weighted by molar-refractivity contribution is 7.80. The molecule has 0 amide bonds. The first-order valence-electron chi connectivity index (χ1n) is 4.23. The van der Waals surface area contributed by atoms with Crippen LogP contribution < -0.4 is 11.5 Å². The summed E-state index contributed by atoms with van der Waals surface area (Å²) in [6.45, 7) is 3.78. The Morgan fingerprint density at radius 1 is 1.64 bits per heavy atom. The molecule has 0 aromatic rings. The Bertz CT molecular complexity index is 225. The quantitative estimate of drug-likeness (QED) is 0.192. The van der Waals surface area contributed by atoms with Crippen LogP contribution in [0.3, 0.4) is 0 Å². The molecule has 0 unspecified atom stereocenters. The van der Waals surface area contributed by atoms with Crippen LogP contribution in [0.4, 0.5) is 0 Å². The summed E-state index contributed by atoms with van der Waals surface area (Å²) in [5.74, 6) is 0.230. The van der Waals surface area contributed by atoms with Crippen molar-refractivity contribution in [3.8, 4) is 0 Å². The van der Waals surface area contributed by atoms with Gasteiger partial charge in [-0.3, -0.25) is 9.79 Å². The highest BCUT2D eigenvalue weighted by atomic mass is 32.1. The van der Waals surface area contributed by atoms with E-state index < -0.39 is 11.5 Å². The van der Waals surface area contributed by atoms with E-state index in [9.17, 15) is 4.79 Å². The van der Waals surface area contributed by atoms with Crippen LogP contribution in [-0.2, 0) is 9.53 Å². The number of hydrogen-bond acceptors (Lipinski definition) is 5. The Kier molecular flexibility index (Phi) is 5.56. The largest absolute Gasteiger partial charge is 0.462 e. The van der Waals surface area contributed by atoms with Gasteiger partial charge in [0, 0.05) is 5.75 Å². The summed E-state index contributed by atoms with van der Waals surface area (Å²) in [5.41, 5.74) is 9.85. The summed E-state index contributed by atoms with van der Waals surface area (Å²) >= 11 is 3.94. The Morgan fingerprint density at radius 2 is 2.21 bits per heavy atom. The number of carbonyl (C=O) groups is 1. The molecule has 0 heterocycles. The number of aliphatic imine (C=N–C) groups is 1. The lowest BCUT2D eigenvalue weighted by Crippen LogP contribution is -2.48. The van der Waals surface area contributed by atoms with E-state index in [-0.39, 0.29) is 12.4 Å². The fourth-order valence-electron chi connectivity index (χ4n) is 0.590. The lowest BCUT2D eigenvalue weighted by atomic mass is 10.1. The first-order valence-corrected chi connectivity index (χ1v) is 4.87. The second-order valence-electron chi connectivity index (χ2n) is 3.23. The number of amidine groups is 1. The van der Waals surface area contributed by atoms with Crippen molar-refractivity contribution >= 4 is 24.4 Å². The van der Waals surface area contributed by atoms with Crippen LogP contribution in [0.15, 0.2) is 4.99 Å². The van der Waals surface area contributed by atoms with Crippen LogP contribution in [0.25, 0.3) is 0 Å². The minimum absolute atomic E-state index is 0.188. The Morgan fingerprint density at radius 3 is 2.64 bits per heavy atom. The number of nitrogens with two attached hydrogens (primary N) is 2. The van der Waals surface area contributed by atoms with E-state index >= 15 is 0 Å². The monoisotopic (exact) mass is 219 g/mol. The van der Waals surface area contributed by atoms with Gasteiger partial charge in [0.05, 0.1) is 12.4 Å². The van der Waals surface area contributed by atoms with Gasteiger partial charge in [-0.2, -0.15) is 12.6 Å².